The highest BCUT2D eigenvalue weighted by molar-refractivity contribution is 9.10. The smallest absolute Gasteiger partial charge is 0.175 e. The van der Waals surface area contributed by atoms with E-state index < -0.39 is 0 Å². The summed E-state index contributed by atoms with van der Waals surface area (Å²) >= 11 is 3.54. The standard InChI is InChI=1S/C18H22BrNO3/c1-3-22-18-16(19)11-14(12-17(18)21-2)13-20-9-10-23-15-7-5-4-6-8-15/h4-8,11-12,20H,3,9-10,13H2,1-2H3. The van der Waals surface area contributed by atoms with Gasteiger partial charge in [0.2, 0.25) is 0 Å². The monoisotopic (exact) mass is 379 g/mol. The van der Waals surface area contributed by atoms with Gasteiger partial charge in [-0.1, -0.05) is 18.2 Å². The Hall–Kier alpha value is -1.72. The Kier molecular flexibility index (Phi) is 7.23. The van der Waals surface area contributed by atoms with Crippen molar-refractivity contribution in [1.82, 2.24) is 5.32 Å². The largest absolute Gasteiger partial charge is 0.493 e. The van der Waals surface area contributed by atoms with Crippen molar-refractivity contribution in [3.05, 3.63) is 52.5 Å². The normalized spacial score (nSPS) is 10.4. The number of benzene rings is 2. The number of nitrogens with one attached hydrogen (secondary N) is 1. The quantitative estimate of drug-likeness (QED) is 0.667. The van der Waals surface area contributed by atoms with Gasteiger partial charge in [-0.2, -0.15) is 0 Å². The van der Waals surface area contributed by atoms with Gasteiger partial charge in [0.1, 0.15) is 12.4 Å². The molecule has 1 N–H and O–H groups in total. The summed E-state index contributed by atoms with van der Waals surface area (Å²) in [4.78, 5) is 0. The van der Waals surface area contributed by atoms with E-state index in [1.165, 1.54) is 0 Å². The Morgan fingerprint density at radius 3 is 2.57 bits per heavy atom. The molecule has 0 unspecified atom stereocenters. The Balaban J connectivity index is 1.82. The molecule has 0 fully saturated rings. The van der Waals surface area contributed by atoms with Gasteiger partial charge >= 0.3 is 0 Å². The zero-order valence-electron chi connectivity index (χ0n) is 13.5. The first kappa shape index (κ1) is 17.6. The van der Waals surface area contributed by atoms with E-state index in [2.05, 4.69) is 21.2 Å². The lowest BCUT2D eigenvalue weighted by atomic mass is 10.2. The number of para-hydroxylation sites is 1. The van der Waals surface area contributed by atoms with Gasteiger partial charge in [0.15, 0.2) is 11.5 Å². The van der Waals surface area contributed by atoms with E-state index >= 15 is 0 Å². The van der Waals surface area contributed by atoms with Crippen LogP contribution in [0.2, 0.25) is 0 Å². The number of ether oxygens (including phenoxy) is 3. The maximum atomic E-state index is 5.65. The van der Waals surface area contributed by atoms with Crippen LogP contribution in [0.1, 0.15) is 12.5 Å². The van der Waals surface area contributed by atoms with E-state index in [1.807, 2.05) is 49.4 Å². The number of halogens is 1. The van der Waals surface area contributed by atoms with Crippen LogP contribution in [0.5, 0.6) is 17.2 Å². The van der Waals surface area contributed by atoms with Crippen molar-refractivity contribution in [3.8, 4) is 17.2 Å². The fraction of sp³-hybridized carbons (Fsp3) is 0.333. The lowest BCUT2D eigenvalue weighted by Crippen LogP contribution is -2.20. The zero-order chi connectivity index (χ0) is 16.5. The van der Waals surface area contributed by atoms with Crippen molar-refractivity contribution in [1.29, 1.82) is 0 Å². The summed E-state index contributed by atoms with van der Waals surface area (Å²) in [5.41, 5.74) is 1.12. The Morgan fingerprint density at radius 1 is 1.09 bits per heavy atom. The third-order valence-electron chi connectivity index (χ3n) is 3.20. The second-order valence-electron chi connectivity index (χ2n) is 4.88. The van der Waals surface area contributed by atoms with Gasteiger partial charge in [-0.3, -0.25) is 0 Å². The fourth-order valence-electron chi connectivity index (χ4n) is 2.15. The molecule has 0 atom stereocenters. The van der Waals surface area contributed by atoms with Crippen LogP contribution in [-0.4, -0.2) is 26.9 Å². The van der Waals surface area contributed by atoms with E-state index in [9.17, 15) is 0 Å². The minimum Gasteiger partial charge on any atom is -0.493 e. The van der Waals surface area contributed by atoms with Gasteiger partial charge in [-0.15, -0.1) is 0 Å². The van der Waals surface area contributed by atoms with Gasteiger partial charge in [-0.05, 0) is 52.7 Å². The molecule has 0 bridgehead atoms. The molecule has 0 heterocycles. The van der Waals surface area contributed by atoms with E-state index in [-0.39, 0.29) is 0 Å². The second-order valence-corrected chi connectivity index (χ2v) is 5.73. The molecule has 5 heteroatoms. The van der Waals surface area contributed by atoms with Crippen LogP contribution in [-0.2, 0) is 6.54 Å². The second kappa shape index (κ2) is 9.43. The first-order valence-electron chi connectivity index (χ1n) is 7.62. The molecule has 0 radical (unpaired) electrons. The van der Waals surface area contributed by atoms with Crippen LogP contribution in [0, 0.1) is 0 Å². The van der Waals surface area contributed by atoms with E-state index in [0.717, 1.165) is 40.4 Å². The molecule has 0 aromatic heterocycles. The van der Waals surface area contributed by atoms with Gasteiger partial charge < -0.3 is 19.5 Å². The third kappa shape index (κ3) is 5.44. The lowest BCUT2D eigenvalue weighted by molar-refractivity contribution is 0.307. The minimum atomic E-state index is 0.601. The molecule has 4 nitrogen and oxygen atoms in total. The van der Waals surface area contributed by atoms with E-state index in [0.29, 0.717) is 13.2 Å². The minimum absolute atomic E-state index is 0.601. The van der Waals surface area contributed by atoms with E-state index in [4.69, 9.17) is 14.2 Å². The third-order valence-corrected chi connectivity index (χ3v) is 3.79. The topological polar surface area (TPSA) is 39.7 Å². The van der Waals surface area contributed by atoms with Crippen molar-refractivity contribution in [2.24, 2.45) is 0 Å². The molecule has 2 aromatic rings. The van der Waals surface area contributed by atoms with Crippen molar-refractivity contribution in [2.45, 2.75) is 13.5 Å². The highest BCUT2D eigenvalue weighted by Gasteiger charge is 2.11. The number of methoxy groups -OCH3 is 1. The van der Waals surface area contributed by atoms with Gasteiger partial charge in [0, 0.05) is 13.1 Å². The van der Waals surface area contributed by atoms with Crippen LogP contribution < -0.4 is 19.5 Å². The van der Waals surface area contributed by atoms with Crippen molar-refractivity contribution in [2.75, 3.05) is 26.9 Å². The SMILES string of the molecule is CCOc1c(Br)cc(CNCCOc2ccccc2)cc1OC. The summed E-state index contributed by atoms with van der Waals surface area (Å²) in [5.74, 6) is 2.37. The molecule has 0 aliphatic heterocycles. The average Bonchev–Trinajstić information content (AvgIpc) is 2.57. The molecule has 0 saturated carbocycles. The Morgan fingerprint density at radius 2 is 1.87 bits per heavy atom. The van der Waals surface area contributed by atoms with E-state index in [1.54, 1.807) is 7.11 Å². The summed E-state index contributed by atoms with van der Waals surface area (Å²) in [7, 11) is 1.65. The molecule has 2 aromatic carbocycles. The maximum Gasteiger partial charge on any atom is 0.175 e. The lowest BCUT2D eigenvalue weighted by Gasteiger charge is -2.14. The number of hydrogen-bond acceptors (Lipinski definition) is 4. The first-order chi connectivity index (χ1) is 11.2. The molecular formula is C18H22BrNO3. The summed E-state index contributed by atoms with van der Waals surface area (Å²) < 4.78 is 17.5. The number of rotatable bonds is 9. The Labute approximate surface area is 145 Å². The molecule has 0 amide bonds. The van der Waals surface area contributed by atoms with Crippen LogP contribution in [0.4, 0.5) is 0 Å². The molecular weight excluding hydrogens is 358 g/mol. The van der Waals surface area contributed by atoms with Crippen LogP contribution in [0.15, 0.2) is 46.9 Å². The van der Waals surface area contributed by atoms with Crippen LogP contribution >= 0.6 is 15.9 Å². The van der Waals surface area contributed by atoms with Crippen LogP contribution in [0.25, 0.3) is 0 Å². The number of hydrogen-bond donors (Lipinski definition) is 1. The summed E-state index contributed by atoms with van der Waals surface area (Å²) in [6, 6.07) is 13.8. The molecule has 124 valence electrons. The highest BCUT2D eigenvalue weighted by Crippen LogP contribution is 2.36. The average molecular weight is 380 g/mol. The van der Waals surface area contributed by atoms with Gasteiger partial charge in [0.25, 0.3) is 0 Å². The van der Waals surface area contributed by atoms with Crippen LogP contribution in [0.3, 0.4) is 0 Å². The van der Waals surface area contributed by atoms with Gasteiger partial charge in [0.05, 0.1) is 18.2 Å². The summed E-state index contributed by atoms with van der Waals surface area (Å²) in [6.07, 6.45) is 0. The van der Waals surface area contributed by atoms with Gasteiger partial charge in [-0.25, -0.2) is 0 Å². The summed E-state index contributed by atoms with van der Waals surface area (Å²) in [5, 5.41) is 3.36. The molecule has 0 aliphatic carbocycles. The molecule has 0 spiro atoms. The predicted molar refractivity (Wildman–Crippen MR) is 95.5 cm³/mol. The van der Waals surface area contributed by atoms with Crippen molar-refractivity contribution >= 4 is 15.9 Å². The maximum absolute atomic E-state index is 5.65. The molecule has 2 rings (SSSR count). The molecule has 0 saturated heterocycles. The first-order valence-corrected chi connectivity index (χ1v) is 8.41. The molecule has 23 heavy (non-hydrogen) atoms. The Bertz CT molecular complexity index is 605. The van der Waals surface area contributed by atoms with Crippen molar-refractivity contribution in [3.63, 3.8) is 0 Å². The highest BCUT2D eigenvalue weighted by atomic mass is 79.9. The molecule has 0 aliphatic rings. The fourth-order valence-corrected chi connectivity index (χ4v) is 2.75. The predicted octanol–water partition coefficient (Wildman–Crippen LogP) is 4.03. The summed E-state index contributed by atoms with van der Waals surface area (Å²) in [6.45, 7) is 4.68. The zero-order valence-corrected chi connectivity index (χ0v) is 15.1. The van der Waals surface area contributed by atoms with Crippen molar-refractivity contribution < 1.29 is 14.2 Å².